The van der Waals surface area contributed by atoms with Gasteiger partial charge in [0.15, 0.2) is 11.9 Å². The SMILES string of the molecule is C=C1C(=O)C2OC23CC2CC(C)(C)C(O)C2C13C. The number of hydrogen-bond acceptors (Lipinski definition) is 3. The van der Waals surface area contributed by atoms with E-state index < -0.39 is 0 Å². The van der Waals surface area contributed by atoms with Gasteiger partial charge in [-0.3, -0.25) is 4.79 Å². The number of aliphatic hydroxyl groups is 1. The maximum atomic E-state index is 12.1. The molecule has 98 valence electrons. The van der Waals surface area contributed by atoms with Gasteiger partial charge < -0.3 is 9.84 Å². The minimum Gasteiger partial charge on any atom is -0.392 e. The molecule has 0 bridgehead atoms. The van der Waals surface area contributed by atoms with Crippen molar-refractivity contribution in [2.24, 2.45) is 22.7 Å². The predicted molar refractivity (Wildman–Crippen MR) is 65.9 cm³/mol. The second-order valence-electron chi connectivity index (χ2n) is 7.56. The zero-order valence-electron chi connectivity index (χ0n) is 11.2. The van der Waals surface area contributed by atoms with Crippen molar-refractivity contribution in [3.63, 3.8) is 0 Å². The van der Waals surface area contributed by atoms with Crippen LogP contribution in [-0.2, 0) is 9.53 Å². The molecule has 0 aromatic heterocycles. The van der Waals surface area contributed by atoms with Gasteiger partial charge in [-0.25, -0.2) is 0 Å². The third-order valence-electron chi connectivity index (χ3n) is 6.41. The highest BCUT2D eigenvalue weighted by Crippen LogP contribution is 2.76. The summed E-state index contributed by atoms with van der Waals surface area (Å²) in [5.74, 6) is 0.680. The van der Waals surface area contributed by atoms with Crippen LogP contribution in [-0.4, -0.2) is 28.7 Å². The van der Waals surface area contributed by atoms with Gasteiger partial charge in [0.2, 0.25) is 0 Å². The van der Waals surface area contributed by atoms with Gasteiger partial charge in [0.25, 0.3) is 0 Å². The Morgan fingerprint density at radius 1 is 1.33 bits per heavy atom. The summed E-state index contributed by atoms with van der Waals surface area (Å²) >= 11 is 0. The lowest BCUT2D eigenvalue weighted by atomic mass is 9.68. The number of ether oxygens (including phenoxy) is 1. The molecule has 4 fully saturated rings. The molecule has 4 rings (SSSR count). The van der Waals surface area contributed by atoms with E-state index in [2.05, 4.69) is 27.4 Å². The van der Waals surface area contributed by atoms with Crippen LogP contribution in [0.1, 0.15) is 33.6 Å². The number of epoxide rings is 1. The molecule has 1 saturated heterocycles. The van der Waals surface area contributed by atoms with Crippen LogP contribution in [0.25, 0.3) is 0 Å². The Kier molecular flexibility index (Phi) is 1.62. The quantitative estimate of drug-likeness (QED) is 0.524. The number of fused-ring (bicyclic) bond motifs is 2. The van der Waals surface area contributed by atoms with E-state index in [9.17, 15) is 9.90 Å². The largest absolute Gasteiger partial charge is 0.392 e. The Morgan fingerprint density at radius 2 is 2.00 bits per heavy atom. The number of Topliss-reactive ketones (excluding diaryl/α,β-unsaturated/α-hetero) is 1. The fourth-order valence-corrected chi connectivity index (χ4v) is 5.40. The topological polar surface area (TPSA) is 49.8 Å². The highest BCUT2D eigenvalue weighted by atomic mass is 16.6. The summed E-state index contributed by atoms with van der Waals surface area (Å²) in [6.07, 6.45) is 1.33. The third-order valence-corrected chi connectivity index (χ3v) is 6.41. The molecule has 1 spiro atoms. The summed E-state index contributed by atoms with van der Waals surface area (Å²) in [7, 11) is 0. The van der Waals surface area contributed by atoms with Gasteiger partial charge in [-0.05, 0) is 24.2 Å². The van der Waals surface area contributed by atoms with Gasteiger partial charge >= 0.3 is 0 Å². The van der Waals surface area contributed by atoms with E-state index in [1.807, 2.05) is 0 Å². The fourth-order valence-electron chi connectivity index (χ4n) is 5.40. The molecule has 1 heterocycles. The second kappa shape index (κ2) is 2.61. The standard InChI is InChI=1S/C15H20O3/c1-7-10(16)12-15(18-12)6-8-5-13(2,3)11(17)9(8)14(7,15)4/h8-9,11-12,17H,1,5-6H2,2-4H3. The minimum absolute atomic E-state index is 0.0593. The first kappa shape index (κ1) is 11.2. The molecule has 18 heavy (non-hydrogen) atoms. The first-order valence-corrected chi connectivity index (χ1v) is 6.85. The smallest absolute Gasteiger partial charge is 0.190 e. The number of rotatable bonds is 0. The lowest BCUT2D eigenvalue weighted by molar-refractivity contribution is -0.118. The van der Waals surface area contributed by atoms with E-state index in [-0.39, 0.29) is 40.3 Å². The zero-order valence-corrected chi connectivity index (χ0v) is 11.2. The van der Waals surface area contributed by atoms with Gasteiger partial charge in [0.1, 0.15) is 5.60 Å². The summed E-state index contributed by atoms with van der Waals surface area (Å²) in [5.41, 5.74) is -0.0142. The Bertz CT molecular complexity index is 494. The molecular formula is C15H20O3. The van der Waals surface area contributed by atoms with Gasteiger partial charge in [0.05, 0.1) is 6.10 Å². The molecule has 4 aliphatic rings. The minimum atomic E-state index is -0.362. The maximum Gasteiger partial charge on any atom is 0.190 e. The molecular weight excluding hydrogens is 228 g/mol. The van der Waals surface area contributed by atoms with Gasteiger partial charge in [-0.15, -0.1) is 0 Å². The predicted octanol–water partition coefficient (Wildman–Crippen LogP) is 1.70. The highest BCUT2D eigenvalue weighted by molar-refractivity contribution is 6.07. The van der Waals surface area contributed by atoms with E-state index in [0.717, 1.165) is 12.8 Å². The summed E-state index contributed by atoms with van der Waals surface area (Å²) in [6, 6.07) is 0. The van der Waals surface area contributed by atoms with Crippen LogP contribution < -0.4 is 0 Å². The summed E-state index contributed by atoms with van der Waals surface area (Å²) in [4.78, 5) is 12.1. The van der Waals surface area contributed by atoms with Crippen molar-refractivity contribution >= 4 is 5.78 Å². The molecule has 6 atom stereocenters. The van der Waals surface area contributed by atoms with Crippen molar-refractivity contribution in [3.05, 3.63) is 12.2 Å². The average molecular weight is 248 g/mol. The lowest BCUT2D eigenvalue weighted by Crippen LogP contribution is -2.42. The van der Waals surface area contributed by atoms with Crippen LogP contribution in [0.2, 0.25) is 0 Å². The maximum absolute atomic E-state index is 12.1. The molecule has 0 aromatic rings. The molecule has 1 aliphatic heterocycles. The van der Waals surface area contributed by atoms with Crippen LogP contribution in [0, 0.1) is 22.7 Å². The van der Waals surface area contributed by atoms with Crippen molar-refractivity contribution in [1.29, 1.82) is 0 Å². The monoisotopic (exact) mass is 248 g/mol. The Balaban J connectivity index is 1.85. The van der Waals surface area contributed by atoms with Crippen LogP contribution in [0.15, 0.2) is 12.2 Å². The zero-order chi connectivity index (χ0) is 13.1. The molecule has 3 aliphatic carbocycles. The first-order valence-electron chi connectivity index (χ1n) is 6.85. The number of ketones is 1. The van der Waals surface area contributed by atoms with Gasteiger partial charge in [0, 0.05) is 16.9 Å². The summed E-state index contributed by atoms with van der Waals surface area (Å²) in [5, 5.41) is 10.7. The Labute approximate surface area is 107 Å². The highest BCUT2D eigenvalue weighted by Gasteiger charge is 2.84. The lowest BCUT2D eigenvalue weighted by Gasteiger charge is -2.37. The van der Waals surface area contributed by atoms with Crippen LogP contribution >= 0.6 is 0 Å². The Hall–Kier alpha value is -0.670. The molecule has 3 nitrogen and oxygen atoms in total. The van der Waals surface area contributed by atoms with E-state index >= 15 is 0 Å². The molecule has 0 radical (unpaired) electrons. The molecule has 3 saturated carbocycles. The third kappa shape index (κ3) is 0.837. The molecule has 0 aromatic carbocycles. The van der Waals surface area contributed by atoms with E-state index in [1.54, 1.807) is 0 Å². The van der Waals surface area contributed by atoms with Crippen LogP contribution in [0.3, 0.4) is 0 Å². The second-order valence-corrected chi connectivity index (χ2v) is 7.56. The number of aliphatic hydroxyl groups excluding tert-OH is 1. The van der Waals surface area contributed by atoms with Gasteiger partial charge in [-0.1, -0.05) is 27.4 Å². The summed E-state index contributed by atoms with van der Waals surface area (Å²) < 4.78 is 5.78. The number of carbonyl (C=O) groups excluding carboxylic acids is 1. The van der Waals surface area contributed by atoms with E-state index in [1.165, 1.54) is 0 Å². The van der Waals surface area contributed by atoms with Crippen molar-refractivity contribution in [2.45, 2.75) is 51.4 Å². The van der Waals surface area contributed by atoms with Crippen molar-refractivity contribution in [2.75, 3.05) is 0 Å². The van der Waals surface area contributed by atoms with E-state index in [0.29, 0.717) is 11.5 Å². The number of hydrogen-bond donors (Lipinski definition) is 1. The summed E-state index contributed by atoms with van der Waals surface area (Å²) in [6.45, 7) is 10.4. The normalized spacial score (nSPS) is 59.6. The molecule has 1 N–H and O–H groups in total. The van der Waals surface area contributed by atoms with Crippen LogP contribution in [0.4, 0.5) is 0 Å². The Morgan fingerprint density at radius 3 is 2.67 bits per heavy atom. The molecule has 0 amide bonds. The molecule has 3 heteroatoms. The average Bonchev–Trinajstić information content (AvgIpc) is 2.84. The van der Waals surface area contributed by atoms with Crippen molar-refractivity contribution in [3.8, 4) is 0 Å². The first-order chi connectivity index (χ1) is 8.26. The van der Waals surface area contributed by atoms with Gasteiger partial charge in [-0.2, -0.15) is 0 Å². The number of carbonyl (C=O) groups is 1. The fraction of sp³-hybridized carbons (Fsp3) is 0.800. The van der Waals surface area contributed by atoms with Crippen molar-refractivity contribution in [1.82, 2.24) is 0 Å². The van der Waals surface area contributed by atoms with Crippen LogP contribution in [0.5, 0.6) is 0 Å². The van der Waals surface area contributed by atoms with Crippen molar-refractivity contribution < 1.29 is 14.6 Å². The van der Waals surface area contributed by atoms with E-state index in [4.69, 9.17) is 4.74 Å². The molecule has 6 unspecified atom stereocenters.